The quantitative estimate of drug-likeness (QED) is 0.515. The van der Waals surface area contributed by atoms with Gasteiger partial charge < -0.3 is 14.8 Å². The Bertz CT molecular complexity index is 1240. The summed E-state index contributed by atoms with van der Waals surface area (Å²) < 4.78 is 38.8. The van der Waals surface area contributed by atoms with E-state index < -0.39 is 10.0 Å². The van der Waals surface area contributed by atoms with E-state index in [-0.39, 0.29) is 29.6 Å². The highest BCUT2D eigenvalue weighted by atomic mass is 32.2. The predicted molar refractivity (Wildman–Crippen MR) is 131 cm³/mol. The normalized spacial score (nSPS) is 18.7. The second kappa shape index (κ2) is 11.0. The number of rotatable bonds is 8. The number of pyridine rings is 1. The topological polar surface area (TPSA) is 97.8 Å². The van der Waals surface area contributed by atoms with Crippen LogP contribution >= 0.6 is 0 Å². The molecule has 0 spiro atoms. The Morgan fingerprint density at radius 2 is 1.71 bits per heavy atom. The van der Waals surface area contributed by atoms with Gasteiger partial charge >= 0.3 is 0 Å². The van der Waals surface area contributed by atoms with Crippen LogP contribution in [-0.4, -0.2) is 48.9 Å². The molecule has 1 aliphatic heterocycles. The minimum atomic E-state index is -3.66. The number of ether oxygens (including phenoxy) is 2. The summed E-state index contributed by atoms with van der Waals surface area (Å²) in [5.74, 6) is 0.174. The number of amides is 1. The van der Waals surface area contributed by atoms with Crippen LogP contribution in [0.2, 0.25) is 0 Å². The Hall–Kier alpha value is -3.27. The molecule has 1 amide bonds. The second-order valence-electron chi connectivity index (χ2n) is 8.56. The number of hydrogen-bond acceptors (Lipinski definition) is 6. The molecule has 0 aliphatic carbocycles. The van der Waals surface area contributed by atoms with Gasteiger partial charge in [-0.15, -0.1) is 0 Å². The number of carbonyl (C=O) groups is 1. The van der Waals surface area contributed by atoms with E-state index in [2.05, 4.69) is 10.3 Å². The van der Waals surface area contributed by atoms with Crippen molar-refractivity contribution in [3.63, 3.8) is 0 Å². The first-order valence-electron chi connectivity index (χ1n) is 11.5. The van der Waals surface area contributed by atoms with Gasteiger partial charge in [-0.2, -0.15) is 4.31 Å². The molecular weight excluding hydrogens is 466 g/mol. The Labute approximate surface area is 206 Å². The maximum Gasteiger partial charge on any atom is 0.251 e. The highest BCUT2D eigenvalue weighted by Gasteiger charge is 2.32. The van der Waals surface area contributed by atoms with Crippen LogP contribution in [0.15, 0.2) is 77.8 Å². The van der Waals surface area contributed by atoms with Crippen LogP contribution in [0.25, 0.3) is 0 Å². The molecule has 0 radical (unpaired) electrons. The average molecular weight is 496 g/mol. The van der Waals surface area contributed by atoms with Crippen LogP contribution in [-0.2, 0) is 27.9 Å². The van der Waals surface area contributed by atoms with Crippen LogP contribution in [0.5, 0.6) is 5.88 Å². The predicted octanol–water partition coefficient (Wildman–Crippen LogP) is 3.39. The number of benzene rings is 2. The van der Waals surface area contributed by atoms with Gasteiger partial charge in [-0.3, -0.25) is 4.79 Å². The molecule has 3 aromatic rings. The molecule has 2 atom stereocenters. The molecule has 0 saturated carbocycles. The first kappa shape index (κ1) is 24.8. The number of morpholine rings is 1. The summed E-state index contributed by atoms with van der Waals surface area (Å²) in [6.45, 7) is 5.00. The monoisotopic (exact) mass is 495 g/mol. The van der Waals surface area contributed by atoms with E-state index in [1.807, 2.05) is 44.2 Å². The van der Waals surface area contributed by atoms with Crippen LogP contribution in [0.1, 0.15) is 35.3 Å². The van der Waals surface area contributed by atoms with E-state index >= 15 is 0 Å². The Balaban J connectivity index is 1.34. The first-order valence-corrected chi connectivity index (χ1v) is 12.9. The van der Waals surface area contributed by atoms with Gasteiger partial charge in [0.1, 0.15) is 6.61 Å². The second-order valence-corrected chi connectivity index (χ2v) is 10.5. The molecule has 8 nitrogen and oxygen atoms in total. The molecule has 35 heavy (non-hydrogen) atoms. The lowest BCUT2D eigenvalue weighted by Gasteiger charge is -2.34. The summed E-state index contributed by atoms with van der Waals surface area (Å²) in [6.07, 6.45) is 1.29. The number of hydrogen-bond donors (Lipinski definition) is 1. The minimum Gasteiger partial charge on any atom is -0.473 e. The summed E-state index contributed by atoms with van der Waals surface area (Å²) in [5.41, 5.74) is 2.25. The van der Waals surface area contributed by atoms with E-state index in [1.165, 1.54) is 28.6 Å². The fraction of sp³-hybridized carbons (Fsp3) is 0.308. The third-order valence-corrected chi connectivity index (χ3v) is 7.47. The number of nitrogens with zero attached hydrogens (tertiary/aromatic N) is 2. The molecule has 1 aromatic heterocycles. The van der Waals surface area contributed by atoms with E-state index in [0.717, 1.165) is 11.1 Å². The van der Waals surface area contributed by atoms with Crippen molar-refractivity contribution in [1.29, 1.82) is 0 Å². The molecule has 2 unspecified atom stereocenters. The third-order valence-electron chi connectivity index (χ3n) is 5.62. The molecule has 2 aromatic carbocycles. The standard InChI is InChI=1S/C26H29N3O5S/c1-19-16-29(17-20(2)34-19)35(31,32)24-10-8-23(9-11-24)26(30)28-15-22-12-13-27-25(14-22)33-18-21-6-4-3-5-7-21/h3-14,19-20H,15-18H2,1-2H3,(H,28,30). The van der Waals surface area contributed by atoms with Crippen LogP contribution < -0.4 is 10.1 Å². The minimum absolute atomic E-state index is 0.157. The fourth-order valence-electron chi connectivity index (χ4n) is 3.91. The molecule has 1 saturated heterocycles. The van der Waals surface area contributed by atoms with Gasteiger partial charge in [-0.25, -0.2) is 13.4 Å². The van der Waals surface area contributed by atoms with E-state index in [4.69, 9.17) is 9.47 Å². The van der Waals surface area contributed by atoms with E-state index in [9.17, 15) is 13.2 Å². The molecule has 4 rings (SSSR count). The maximum absolute atomic E-state index is 13.0. The smallest absolute Gasteiger partial charge is 0.251 e. The highest BCUT2D eigenvalue weighted by Crippen LogP contribution is 2.21. The zero-order valence-electron chi connectivity index (χ0n) is 19.8. The molecule has 2 heterocycles. The van der Waals surface area contributed by atoms with Crippen molar-refractivity contribution in [1.82, 2.24) is 14.6 Å². The lowest BCUT2D eigenvalue weighted by molar-refractivity contribution is -0.0440. The number of aromatic nitrogens is 1. The summed E-state index contributed by atoms with van der Waals surface area (Å²) in [7, 11) is -3.66. The molecule has 9 heteroatoms. The third kappa shape index (κ3) is 6.45. The van der Waals surface area contributed by atoms with Gasteiger partial charge in [-0.05, 0) is 55.3 Å². The van der Waals surface area contributed by atoms with Gasteiger partial charge in [-0.1, -0.05) is 30.3 Å². The Morgan fingerprint density at radius 1 is 1.03 bits per heavy atom. The number of sulfonamides is 1. The molecule has 1 aliphatic rings. The highest BCUT2D eigenvalue weighted by molar-refractivity contribution is 7.89. The van der Waals surface area contributed by atoms with E-state index in [1.54, 1.807) is 18.3 Å². The van der Waals surface area contributed by atoms with Gasteiger partial charge in [0.2, 0.25) is 15.9 Å². The van der Waals surface area contributed by atoms with Crippen molar-refractivity contribution < 1.29 is 22.7 Å². The maximum atomic E-state index is 13.0. The van der Waals surface area contributed by atoms with Gasteiger partial charge in [0.25, 0.3) is 5.91 Å². The van der Waals surface area contributed by atoms with Crippen molar-refractivity contribution in [2.75, 3.05) is 13.1 Å². The Morgan fingerprint density at radius 3 is 2.40 bits per heavy atom. The number of nitrogens with one attached hydrogen (secondary N) is 1. The molecule has 1 N–H and O–H groups in total. The summed E-state index contributed by atoms with van der Waals surface area (Å²) in [6, 6.07) is 19.4. The van der Waals surface area contributed by atoms with E-state index in [0.29, 0.717) is 31.1 Å². The average Bonchev–Trinajstić information content (AvgIpc) is 2.86. The zero-order chi connectivity index (χ0) is 24.8. The number of carbonyl (C=O) groups excluding carboxylic acids is 1. The van der Waals surface area contributed by atoms with Crippen LogP contribution in [0, 0.1) is 0 Å². The van der Waals surface area contributed by atoms with Crippen molar-refractivity contribution in [3.05, 3.63) is 89.6 Å². The molecular formula is C26H29N3O5S. The van der Waals surface area contributed by atoms with Crippen molar-refractivity contribution >= 4 is 15.9 Å². The lowest BCUT2D eigenvalue weighted by atomic mass is 10.2. The van der Waals surface area contributed by atoms with Gasteiger partial charge in [0, 0.05) is 37.5 Å². The van der Waals surface area contributed by atoms with Gasteiger partial charge in [0.15, 0.2) is 0 Å². The van der Waals surface area contributed by atoms with Crippen molar-refractivity contribution in [2.24, 2.45) is 0 Å². The van der Waals surface area contributed by atoms with Crippen molar-refractivity contribution in [2.45, 2.75) is 44.1 Å². The van der Waals surface area contributed by atoms with Crippen molar-refractivity contribution in [3.8, 4) is 5.88 Å². The summed E-state index contributed by atoms with van der Waals surface area (Å²) in [4.78, 5) is 17.0. The fourth-order valence-corrected chi connectivity index (χ4v) is 5.50. The lowest BCUT2D eigenvalue weighted by Crippen LogP contribution is -2.48. The SMILES string of the molecule is CC1CN(S(=O)(=O)c2ccc(C(=O)NCc3ccnc(OCc4ccccc4)c3)cc2)CC(C)O1. The zero-order valence-corrected chi connectivity index (χ0v) is 20.6. The summed E-state index contributed by atoms with van der Waals surface area (Å²) in [5, 5.41) is 2.85. The summed E-state index contributed by atoms with van der Waals surface area (Å²) >= 11 is 0. The molecule has 1 fully saturated rings. The first-order chi connectivity index (χ1) is 16.8. The molecule has 184 valence electrons. The Kier molecular flexibility index (Phi) is 7.80. The largest absolute Gasteiger partial charge is 0.473 e. The van der Waals surface area contributed by atoms with Crippen LogP contribution in [0.4, 0.5) is 0 Å². The van der Waals surface area contributed by atoms with Gasteiger partial charge in [0.05, 0.1) is 17.1 Å². The molecule has 0 bridgehead atoms. The van der Waals surface area contributed by atoms with Crippen LogP contribution in [0.3, 0.4) is 0 Å².